The molecule has 33 heavy (non-hydrogen) atoms. The van der Waals surface area contributed by atoms with Crippen molar-refractivity contribution in [1.82, 2.24) is 34.4 Å². The van der Waals surface area contributed by atoms with Gasteiger partial charge < -0.3 is 15.3 Å². The second-order valence-corrected chi connectivity index (χ2v) is 10.1. The molecule has 9 nitrogen and oxygen atoms in total. The van der Waals surface area contributed by atoms with Gasteiger partial charge in [-0.2, -0.15) is 0 Å². The summed E-state index contributed by atoms with van der Waals surface area (Å²) in [7, 11) is 0. The van der Waals surface area contributed by atoms with Crippen molar-refractivity contribution in [3.05, 3.63) is 44.9 Å². The number of hydrogen-bond acceptors (Lipinski definition) is 5. The van der Waals surface area contributed by atoms with Crippen LogP contribution in [0.1, 0.15) is 76.7 Å². The van der Waals surface area contributed by atoms with E-state index in [2.05, 4.69) is 20.3 Å². The van der Waals surface area contributed by atoms with Crippen LogP contribution in [-0.2, 0) is 25.0 Å². The van der Waals surface area contributed by atoms with Crippen molar-refractivity contribution in [2.75, 3.05) is 6.54 Å². The minimum Gasteiger partial charge on any atom is -0.347 e. The van der Waals surface area contributed by atoms with Crippen LogP contribution < -0.4 is 16.6 Å². The van der Waals surface area contributed by atoms with Gasteiger partial charge >= 0.3 is 5.69 Å². The normalized spacial score (nSPS) is 24.7. The first-order valence-corrected chi connectivity index (χ1v) is 12.4. The number of aromatic nitrogens is 6. The summed E-state index contributed by atoms with van der Waals surface area (Å²) in [5.74, 6) is 0.909. The number of nitrogens with one attached hydrogen (secondary N) is 3. The highest BCUT2D eigenvalue weighted by Crippen LogP contribution is 2.57. The number of nitrogens with zero attached hydrogens (tertiary/aromatic N) is 4. The summed E-state index contributed by atoms with van der Waals surface area (Å²) in [5.41, 5.74) is 1.99. The lowest BCUT2D eigenvalue weighted by Crippen LogP contribution is -2.48. The molecule has 0 radical (unpaired) electrons. The van der Waals surface area contributed by atoms with Gasteiger partial charge in [0.05, 0.1) is 6.33 Å². The molecule has 3 fully saturated rings. The first-order valence-electron chi connectivity index (χ1n) is 12.4. The molecule has 3 aromatic rings. The van der Waals surface area contributed by atoms with Gasteiger partial charge in [-0.15, -0.1) is 0 Å². The van der Waals surface area contributed by atoms with Crippen molar-refractivity contribution in [3.8, 4) is 0 Å². The van der Waals surface area contributed by atoms with Crippen LogP contribution in [0.3, 0.4) is 0 Å². The highest BCUT2D eigenvalue weighted by Gasteiger charge is 2.50. The fraction of sp³-hybridized carbons (Fsp3) is 0.667. The van der Waals surface area contributed by atoms with Crippen molar-refractivity contribution < 1.29 is 0 Å². The number of rotatable bonds is 9. The summed E-state index contributed by atoms with van der Waals surface area (Å²) in [6.45, 7) is 6.86. The zero-order valence-corrected chi connectivity index (χ0v) is 19.7. The lowest BCUT2D eigenvalue weighted by molar-refractivity contribution is 0.0357. The predicted molar refractivity (Wildman–Crippen MR) is 127 cm³/mol. The Bertz CT molecular complexity index is 1210. The van der Waals surface area contributed by atoms with E-state index in [9.17, 15) is 9.59 Å². The maximum Gasteiger partial charge on any atom is 0.332 e. The van der Waals surface area contributed by atoms with E-state index in [1.807, 2.05) is 20.0 Å². The molecule has 3 saturated carbocycles. The van der Waals surface area contributed by atoms with E-state index < -0.39 is 0 Å². The zero-order valence-electron chi connectivity index (χ0n) is 19.7. The third-order valence-electron chi connectivity index (χ3n) is 8.03. The zero-order chi connectivity index (χ0) is 23.1. The molecule has 0 amide bonds. The Morgan fingerprint density at radius 3 is 2.36 bits per heavy atom. The standard InChI is InChI=1S/C24H35N7O2/c1-3-11-30-19-18(20(32)31(12-4-2)22(30)33)28-21(29-19)24-8-5-23(6-9-24,7-10-24)15-25-13-17-14-26-16-27-17/h14,16,25H,3-13,15H2,1-2H3,(H,26,27)(H,28,29). The Hall–Kier alpha value is -2.68. The van der Waals surface area contributed by atoms with Crippen LogP contribution in [0.5, 0.6) is 0 Å². The van der Waals surface area contributed by atoms with Gasteiger partial charge in [-0.25, -0.2) is 14.8 Å². The number of aromatic amines is 2. The van der Waals surface area contributed by atoms with E-state index in [1.165, 1.54) is 4.57 Å². The van der Waals surface area contributed by atoms with Crippen LogP contribution in [0.15, 0.2) is 22.1 Å². The maximum atomic E-state index is 13.1. The SMILES string of the molecule is CCCn1c(=O)c2[nH]c(C34CCC(CNCc5cnc[nH]5)(CC3)CC4)nc2n(CCC)c1=O. The van der Waals surface area contributed by atoms with Crippen LogP contribution in [0.2, 0.25) is 0 Å². The number of fused-ring (bicyclic) bond motifs is 4. The van der Waals surface area contributed by atoms with Crippen LogP contribution in [0.25, 0.3) is 11.2 Å². The lowest BCUT2D eigenvalue weighted by Gasteiger charge is -2.52. The van der Waals surface area contributed by atoms with Crippen LogP contribution in [0.4, 0.5) is 0 Å². The molecule has 9 heteroatoms. The monoisotopic (exact) mass is 453 g/mol. The van der Waals surface area contributed by atoms with Crippen molar-refractivity contribution in [2.24, 2.45) is 5.41 Å². The second kappa shape index (κ2) is 8.59. The quantitative estimate of drug-likeness (QED) is 0.461. The Morgan fingerprint density at radius 1 is 1.03 bits per heavy atom. The number of hydrogen-bond donors (Lipinski definition) is 3. The molecule has 3 aliphatic rings. The number of aryl methyl sites for hydroxylation is 1. The van der Waals surface area contributed by atoms with Crippen molar-refractivity contribution in [2.45, 2.75) is 90.3 Å². The molecule has 0 saturated heterocycles. The molecule has 2 bridgehead atoms. The Balaban J connectivity index is 1.40. The topological polar surface area (TPSA) is 113 Å². The highest BCUT2D eigenvalue weighted by atomic mass is 16.2. The fourth-order valence-electron chi connectivity index (χ4n) is 5.99. The smallest absolute Gasteiger partial charge is 0.332 e. The molecule has 178 valence electrons. The Morgan fingerprint density at radius 2 is 1.73 bits per heavy atom. The van der Waals surface area contributed by atoms with Gasteiger partial charge in [0.15, 0.2) is 5.65 Å². The van der Waals surface area contributed by atoms with Gasteiger partial charge in [0, 0.05) is 43.5 Å². The largest absolute Gasteiger partial charge is 0.347 e. The average molecular weight is 454 g/mol. The van der Waals surface area contributed by atoms with Gasteiger partial charge in [0.2, 0.25) is 0 Å². The van der Waals surface area contributed by atoms with Crippen LogP contribution in [-0.4, -0.2) is 35.6 Å². The molecule has 0 spiro atoms. The van der Waals surface area contributed by atoms with E-state index in [-0.39, 0.29) is 16.7 Å². The molecule has 3 aromatic heterocycles. The molecular weight excluding hydrogens is 418 g/mol. The van der Waals surface area contributed by atoms with Gasteiger partial charge in [-0.3, -0.25) is 13.9 Å². The molecule has 3 N–H and O–H groups in total. The fourth-order valence-corrected chi connectivity index (χ4v) is 5.99. The molecule has 0 aliphatic heterocycles. The molecule has 6 rings (SSSR count). The molecular formula is C24H35N7O2. The minimum atomic E-state index is -0.235. The summed E-state index contributed by atoms with van der Waals surface area (Å²) in [4.78, 5) is 41.7. The van der Waals surface area contributed by atoms with E-state index in [4.69, 9.17) is 4.98 Å². The molecule has 0 atom stereocenters. The maximum absolute atomic E-state index is 13.1. The second-order valence-electron chi connectivity index (χ2n) is 10.1. The Kier molecular flexibility index (Phi) is 5.76. The van der Waals surface area contributed by atoms with Crippen LogP contribution >= 0.6 is 0 Å². The number of imidazole rings is 2. The van der Waals surface area contributed by atoms with E-state index in [0.717, 1.165) is 76.0 Å². The summed E-state index contributed by atoms with van der Waals surface area (Å²) in [6, 6.07) is 0. The molecule has 0 aromatic carbocycles. The predicted octanol–water partition coefficient (Wildman–Crippen LogP) is 2.81. The van der Waals surface area contributed by atoms with Crippen LogP contribution in [0, 0.1) is 5.41 Å². The third-order valence-corrected chi connectivity index (χ3v) is 8.03. The van der Waals surface area contributed by atoms with Gasteiger partial charge in [0.25, 0.3) is 5.56 Å². The highest BCUT2D eigenvalue weighted by molar-refractivity contribution is 5.70. The van der Waals surface area contributed by atoms with Gasteiger partial charge in [0.1, 0.15) is 11.3 Å². The molecule has 3 aliphatic carbocycles. The summed E-state index contributed by atoms with van der Waals surface area (Å²) < 4.78 is 3.06. The average Bonchev–Trinajstić information content (AvgIpc) is 3.52. The van der Waals surface area contributed by atoms with Gasteiger partial charge in [-0.1, -0.05) is 13.8 Å². The summed E-state index contributed by atoms with van der Waals surface area (Å²) in [6.07, 6.45) is 11.8. The van der Waals surface area contributed by atoms with Crippen molar-refractivity contribution >= 4 is 11.2 Å². The first kappa shape index (κ1) is 22.1. The lowest BCUT2D eigenvalue weighted by atomic mass is 9.53. The molecule has 0 unspecified atom stereocenters. The molecule has 3 heterocycles. The van der Waals surface area contributed by atoms with E-state index >= 15 is 0 Å². The van der Waals surface area contributed by atoms with E-state index in [0.29, 0.717) is 29.7 Å². The third kappa shape index (κ3) is 3.76. The first-order chi connectivity index (χ1) is 16.0. The number of H-pyrrole nitrogens is 2. The summed E-state index contributed by atoms with van der Waals surface area (Å²) >= 11 is 0. The van der Waals surface area contributed by atoms with Crippen molar-refractivity contribution in [3.63, 3.8) is 0 Å². The minimum absolute atomic E-state index is 0.0146. The van der Waals surface area contributed by atoms with Gasteiger partial charge in [-0.05, 0) is 56.8 Å². The summed E-state index contributed by atoms with van der Waals surface area (Å²) in [5, 5.41) is 3.62. The Labute approximate surface area is 193 Å². The van der Waals surface area contributed by atoms with E-state index in [1.54, 1.807) is 10.9 Å². The van der Waals surface area contributed by atoms with Crippen molar-refractivity contribution in [1.29, 1.82) is 0 Å².